The van der Waals surface area contributed by atoms with Crippen molar-refractivity contribution in [1.29, 1.82) is 0 Å². The van der Waals surface area contributed by atoms with Crippen LogP contribution >= 0.6 is 11.6 Å². The molecule has 4 rings (SSSR count). The fraction of sp³-hybridized carbons (Fsp3) is 0.130. The van der Waals surface area contributed by atoms with Crippen LogP contribution in [0.25, 0.3) is 0 Å². The molecule has 7 nitrogen and oxygen atoms in total. The second-order valence-corrected chi connectivity index (χ2v) is 7.90. The fourth-order valence-electron chi connectivity index (χ4n) is 3.50. The molecule has 0 saturated carbocycles. The third-order valence-corrected chi connectivity index (χ3v) is 5.33. The van der Waals surface area contributed by atoms with E-state index in [1.54, 1.807) is 30.3 Å². The molecule has 34 heavy (non-hydrogen) atoms. The lowest BCUT2D eigenvalue weighted by molar-refractivity contribution is -0.137. The summed E-state index contributed by atoms with van der Waals surface area (Å²) in [5, 5.41) is 10.5. The average Bonchev–Trinajstić information content (AvgIpc) is 3.17. The molecule has 3 amide bonds. The predicted molar refractivity (Wildman–Crippen MR) is 127 cm³/mol. The third-order valence-electron chi connectivity index (χ3n) is 5.00. The van der Waals surface area contributed by atoms with E-state index in [1.807, 2.05) is 17.0 Å². The van der Waals surface area contributed by atoms with Gasteiger partial charge in [0.25, 0.3) is 0 Å². The summed E-state index contributed by atoms with van der Waals surface area (Å²) in [6.45, 7) is 1.96. The molecule has 0 fully saturated rings. The highest BCUT2D eigenvalue weighted by Crippen LogP contribution is 2.39. The summed E-state index contributed by atoms with van der Waals surface area (Å²) in [7, 11) is 0. The summed E-state index contributed by atoms with van der Waals surface area (Å²) in [6.07, 6.45) is -4.63. The average molecular weight is 490 g/mol. The van der Waals surface area contributed by atoms with Crippen molar-refractivity contribution in [3.8, 4) is 0 Å². The topological polar surface area (TPSA) is 85.5 Å². The molecule has 1 aliphatic heterocycles. The first-order valence-corrected chi connectivity index (χ1v) is 10.5. The van der Waals surface area contributed by atoms with Gasteiger partial charge in [-0.15, -0.1) is 0 Å². The van der Waals surface area contributed by atoms with Crippen LogP contribution in [-0.4, -0.2) is 18.6 Å². The fourth-order valence-corrected chi connectivity index (χ4v) is 3.73. The maximum absolute atomic E-state index is 13.0. The summed E-state index contributed by atoms with van der Waals surface area (Å²) >= 11 is 5.60. The lowest BCUT2D eigenvalue weighted by atomic mass is 10.2. The number of hydrogen-bond acceptors (Lipinski definition) is 4. The van der Waals surface area contributed by atoms with Crippen LogP contribution in [0.1, 0.15) is 12.5 Å². The first-order valence-electron chi connectivity index (χ1n) is 10.1. The number of carbonyl (C=O) groups excluding carboxylic acids is 2. The smallest absolute Gasteiger partial charge is 0.366 e. The molecular weight excluding hydrogens is 471 g/mol. The molecule has 3 aromatic rings. The number of urea groups is 1. The number of nitrogens with one attached hydrogen (secondary N) is 4. The predicted octanol–water partition coefficient (Wildman–Crippen LogP) is 6.48. The van der Waals surface area contributed by atoms with E-state index in [2.05, 4.69) is 21.3 Å². The van der Waals surface area contributed by atoms with Gasteiger partial charge in [-0.05, 0) is 60.7 Å². The molecule has 3 aromatic carbocycles. The lowest BCUT2D eigenvalue weighted by Gasteiger charge is -2.19. The second kappa shape index (κ2) is 9.14. The van der Waals surface area contributed by atoms with Gasteiger partial charge in [-0.2, -0.15) is 13.2 Å². The van der Waals surface area contributed by atoms with Crippen LogP contribution in [0.2, 0.25) is 5.02 Å². The minimum atomic E-state index is -4.63. The van der Waals surface area contributed by atoms with Gasteiger partial charge in [-0.25, -0.2) is 4.79 Å². The molecule has 0 radical (unpaired) electrons. The molecule has 0 aliphatic carbocycles. The molecule has 176 valence electrons. The van der Waals surface area contributed by atoms with Gasteiger partial charge in [-0.1, -0.05) is 11.6 Å². The monoisotopic (exact) mass is 489 g/mol. The van der Waals surface area contributed by atoms with Crippen LogP contribution in [0.15, 0.2) is 60.7 Å². The molecule has 0 saturated heterocycles. The van der Waals surface area contributed by atoms with Crippen molar-refractivity contribution in [2.45, 2.75) is 13.1 Å². The van der Waals surface area contributed by atoms with Gasteiger partial charge in [0, 0.05) is 29.7 Å². The Morgan fingerprint density at radius 2 is 1.53 bits per heavy atom. The number of halogens is 4. The summed E-state index contributed by atoms with van der Waals surface area (Å²) in [5.74, 6) is -0.167. The Kier molecular flexibility index (Phi) is 6.25. The Morgan fingerprint density at radius 3 is 2.21 bits per heavy atom. The van der Waals surface area contributed by atoms with Gasteiger partial charge in [0.1, 0.15) is 0 Å². The van der Waals surface area contributed by atoms with Crippen LogP contribution in [0.5, 0.6) is 0 Å². The standard InChI is InChI=1S/C23H19ClF3N5O2/c1-13(33)29-16-5-9-20-21(11-16)32(12-28-20)17-6-2-14(3-7-17)30-22(34)31-15-4-8-19(24)18(10-15)23(25,26)27/h2-11,28H,12H2,1H3,(H,29,33)(H2,30,31,34). The van der Waals surface area contributed by atoms with Gasteiger partial charge >= 0.3 is 12.2 Å². The molecule has 11 heteroatoms. The van der Waals surface area contributed by atoms with E-state index in [0.29, 0.717) is 18.0 Å². The zero-order valence-electron chi connectivity index (χ0n) is 17.8. The Balaban J connectivity index is 1.44. The number of benzene rings is 3. The van der Waals surface area contributed by atoms with E-state index < -0.39 is 22.8 Å². The second-order valence-electron chi connectivity index (χ2n) is 7.49. The van der Waals surface area contributed by atoms with Crippen LogP contribution in [0, 0.1) is 0 Å². The summed E-state index contributed by atoms with van der Waals surface area (Å²) in [5.41, 5.74) is 2.68. The van der Waals surface area contributed by atoms with E-state index in [1.165, 1.54) is 13.0 Å². The maximum Gasteiger partial charge on any atom is 0.417 e. The minimum absolute atomic E-state index is 0.0411. The summed E-state index contributed by atoms with van der Waals surface area (Å²) in [4.78, 5) is 25.6. The van der Waals surface area contributed by atoms with Crippen molar-refractivity contribution < 1.29 is 22.8 Å². The number of anilines is 6. The van der Waals surface area contributed by atoms with Crippen molar-refractivity contribution in [3.63, 3.8) is 0 Å². The Bertz CT molecular complexity index is 1250. The number of alkyl halides is 3. The van der Waals surface area contributed by atoms with Crippen molar-refractivity contribution in [3.05, 3.63) is 71.2 Å². The third kappa shape index (κ3) is 5.18. The van der Waals surface area contributed by atoms with Crippen molar-refractivity contribution in [2.24, 2.45) is 0 Å². The lowest BCUT2D eigenvalue weighted by Crippen LogP contribution is -2.20. The Morgan fingerprint density at radius 1 is 0.912 bits per heavy atom. The minimum Gasteiger partial charge on any atom is -0.366 e. The van der Waals surface area contributed by atoms with Gasteiger partial charge in [-0.3, -0.25) is 4.79 Å². The largest absolute Gasteiger partial charge is 0.417 e. The number of amides is 3. The van der Waals surface area contributed by atoms with Crippen molar-refractivity contribution >= 4 is 57.7 Å². The highest BCUT2D eigenvalue weighted by Gasteiger charge is 2.33. The highest BCUT2D eigenvalue weighted by molar-refractivity contribution is 6.31. The molecule has 0 atom stereocenters. The normalized spacial score (nSPS) is 12.6. The first-order chi connectivity index (χ1) is 16.1. The number of carbonyl (C=O) groups is 2. The van der Waals surface area contributed by atoms with Crippen molar-refractivity contribution in [1.82, 2.24) is 0 Å². The molecular formula is C23H19ClF3N5O2. The van der Waals surface area contributed by atoms with Crippen molar-refractivity contribution in [2.75, 3.05) is 32.8 Å². The van der Waals surface area contributed by atoms with Crippen LogP contribution < -0.4 is 26.2 Å². The van der Waals surface area contributed by atoms with Gasteiger partial charge in [0.15, 0.2) is 0 Å². The Labute approximate surface area is 197 Å². The van der Waals surface area contributed by atoms with E-state index in [4.69, 9.17) is 11.6 Å². The van der Waals surface area contributed by atoms with Crippen LogP contribution in [0.4, 0.5) is 52.1 Å². The quantitative estimate of drug-likeness (QED) is 0.338. The number of fused-ring (bicyclic) bond motifs is 1. The van der Waals surface area contributed by atoms with Crippen LogP contribution in [0.3, 0.4) is 0 Å². The molecule has 1 heterocycles. The van der Waals surface area contributed by atoms with Gasteiger partial charge in [0.05, 0.1) is 28.6 Å². The Hall–Kier alpha value is -3.92. The van der Waals surface area contributed by atoms with Gasteiger partial charge < -0.3 is 26.2 Å². The molecule has 1 aliphatic rings. The maximum atomic E-state index is 13.0. The van der Waals surface area contributed by atoms with Gasteiger partial charge in [0.2, 0.25) is 5.91 Å². The molecule has 0 unspecified atom stereocenters. The van der Waals surface area contributed by atoms with E-state index in [0.717, 1.165) is 29.2 Å². The van der Waals surface area contributed by atoms with Crippen LogP contribution in [-0.2, 0) is 11.0 Å². The molecule has 0 spiro atoms. The SMILES string of the molecule is CC(=O)Nc1ccc2c(c1)N(c1ccc(NC(=O)Nc3ccc(Cl)c(C(F)(F)F)c3)cc1)CN2. The summed E-state index contributed by atoms with van der Waals surface area (Å²) in [6, 6.07) is 14.9. The van der Waals surface area contributed by atoms with E-state index >= 15 is 0 Å². The molecule has 0 bridgehead atoms. The highest BCUT2D eigenvalue weighted by atomic mass is 35.5. The summed E-state index contributed by atoms with van der Waals surface area (Å²) < 4.78 is 39.0. The first kappa shape index (κ1) is 23.2. The molecule has 0 aromatic heterocycles. The zero-order valence-corrected chi connectivity index (χ0v) is 18.5. The number of rotatable bonds is 4. The zero-order chi connectivity index (χ0) is 24.5. The van der Waals surface area contributed by atoms with E-state index in [9.17, 15) is 22.8 Å². The van der Waals surface area contributed by atoms with E-state index in [-0.39, 0.29) is 11.6 Å². The molecule has 4 N–H and O–H groups in total. The number of hydrogen-bond donors (Lipinski definition) is 4. The number of nitrogens with zero attached hydrogens (tertiary/aromatic N) is 1.